The predicted octanol–water partition coefficient (Wildman–Crippen LogP) is 4.43. The highest BCUT2D eigenvalue weighted by atomic mass is 19.3. The zero-order chi connectivity index (χ0) is 43.4. The first-order valence-corrected chi connectivity index (χ1v) is 22.2. The van der Waals surface area contributed by atoms with Crippen LogP contribution in [-0.4, -0.2) is 115 Å². The van der Waals surface area contributed by atoms with E-state index in [4.69, 9.17) is 14.5 Å². The molecule has 4 aromatic heterocycles. The van der Waals surface area contributed by atoms with Crippen LogP contribution in [0.4, 0.5) is 20.3 Å². The van der Waals surface area contributed by atoms with Gasteiger partial charge in [0.15, 0.2) is 11.3 Å². The van der Waals surface area contributed by atoms with Crippen LogP contribution < -0.4 is 21.2 Å². The minimum atomic E-state index is -2.86. The quantitative estimate of drug-likeness (QED) is 0.127. The molecule has 17 nitrogen and oxygen atoms in total. The van der Waals surface area contributed by atoms with Crippen LogP contribution in [0.5, 0.6) is 0 Å². The lowest BCUT2D eigenvalue weighted by molar-refractivity contribution is -0.135. The molecule has 0 bridgehead atoms. The number of nitrogens with one attached hydrogen (secondary N) is 2. The van der Waals surface area contributed by atoms with Gasteiger partial charge in [0, 0.05) is 65.2 Å². The average molecular weight is 870 g/mol. The summed E-state index contributed by atoms with van der Waals surface area (Å²) >= 11 is 0. The van der Waals surface area contributed by atoms with E-state index in [-0.39, 0.29) is 46.8 Å². The standard InChI is InChI=1S/C44H53F2N11O6/c1-52-38-28(4-2-6-33(38)57(43(52)61)34-11-12-36(58)50-42(34)60)5-3-19-63-30-13-16-53(17-14-30)21-27-7-9-29(10-8-27)56-22-32(37(51-56)39(45)46)48-41(59)31-20-47-55-18-15-35(49-40(31)55)54-23-44(24-54)25-62-26-44/h2,4,6,15,18,20,22,27,29-30,34,39H,3,5,7-14,16-17,19,21,23-26H2,1H3,(H,48,59)(H,50,58,60)/t27-,29-,34?. The molecule has 5 fully saturated rings. The number of fused-ring (bicyclic) bond motifs is 2. The highest BCUT2D eigenvalue weighted by molar-refractivity contribution is 6.08. The Labute approximate surface area is 361 Å². The topological polar surface area (TPSA) is 175 Å². The number of carbonyl (C=O) groups excluding carboxylic acids is 3. The number of halogens is 2. The van der Waals surface area contributed by atoms with Crippen molar-refractivity contribution in [1.29, 1.82) is 0 Å². The number of imide groups is 1. The SMILES string of the molecule is Cn1c(=O)n(C2CCC(=O)NC2=O)c2cccc(CCCOC3CCN(C[C@H]4CC[C@H](n5cc(NC(=O)c6cnn7ccc(N8CC9(COC9)C8)nc67)c(C(F)F)n5)CC4)CC3)c21. The molecule has 5 aromatic rings. The Hall–Kier alpha value is -5.53. The van der Waals surface area contributed by atoms with Crippen molar-refractivity contribution in [2.75, 3.05) is 62.8 Å². The van der Waals surface area contributed by atoms with Gasteiger partial charge < -0.3 is 24.6 Å². The number of likely N-dealkylation sites (tertiary alicyclic amines) is 1. The van der Waals surface area contributed by atoms with Crippen LogP contribution in [-0.2, 0) is 32.5 Å². The van der Waals surface area contributed by atoms with Crippen LogP contribution in [0.3, 0.4) is 0 Å². The molecule has 334 valence electrons. The molecule has 0 radical (unpaired) electrons. The highest BCUT2D eigenvalue weighted by Gasteiger charge is 2.49. The summed E-state index contributed by atoms with van der Waals surface area (Å²) in [4.78, 5) is 60.5. The molecule has 1 spiro atoms. The van der Waals surface area contributed by atoms with Crippen molar-refractivity contribution in [1.82, 2.24) is 43.7 Å². The number of alkyl halides is 2. The fourth-order valence-corrected chi connectivity index (χ4v) is 10.4. The van der Waals surface area contributed by atoms with E-state index in [2.05, 4.69) is 30.6 Å². The van der Waals surface area contributed by atoms with Gasteiger partial charge in [-0.15, -0.1) is 0 Å². The number of amides is 3. The number of nitrogens with zero attached hydrogens (tertiary/aromatic N) is 9. The summed E-state index contributed by atoms with van der Waals surface area (Å²) in [6.07, 6.45) is 9.51. The Kier molecular flexibility index (Phi) is 11.1. The molecular formula is C44H53F2N11O6. The number of carbonyl (C=O) groups is 3. The fraction of sp³-hybridized carbons (Fsp3) is 0.568. The number of rotatable bonds is 13. The first-order valence-electron chi connectivity index (χ1n) is 22.2. The molecule has 19 heteroatoms. The maximum absolute atomic E-state index is 14.3. The van der Waals surface area contributed by atoms with Gasteiger partial charge in [0.25, 0.3) is 12.3 Å². The molecular weight excluding hydrogens is 817 g/mol. The second kappa shape index (κ2) is 16.9. The van der Waals surface area contributed by atoms with Crippen LogP contribution in [0.1, 0.15) is 97.9 Å². The molecule has 10 rings (SSSR count). The zero-order valence-corrected chi connectivity index (χ0v) is 35.4. The van der Waals surface area contributed by atoms with Crippen molar-refractivity contribution in [2.45, 2.75) is 88.8 Å². The Morgan fingerprint density at radius 2 is 1.84 bits per heavy atom. The number of aryl methyl sites for hydroxylation is 2. The molecule has 1 aromatic carbocycles. The number of hydrogen-bond acceptors (Lipinski definition) is 11. The molecule has 4 saturated heterocycles. The van der Waals surface area contributed by atoms with Gasteiger partial charge >= 0.3 is 5.69 Å². The second-order valence-electron chi connectivity index (χ2n) is 18.2. The van der Waals surface area contributed by atoms with E-state index in [1.54, 1.807) is 28.7 Å². The van der Waals surface area contributed by atoms with E-state index in [0.29, 0.717) is 30.1 Å². The Morgan fingerprint density at radius 1 is 1.05 bits per heavy atom. The molecule has 1 unspecified atom stereocenters. The third-order valence-corrected chi connectivity index (χ3v) is 13.9. The van der Waals surface area contributed by atoms with Crippen molar-refractivity contribution in [3.63, 3.8) is 0 Å². The summed E-state index contributed by atoms with van der Waals surface area (Å²) in [5.41, 5.74) is 2.56. The minimum absolute atomic E-state index is 0.00146. The molecule has 5 aliphatic rings. The third kappa shape index (κ3) is 8.03. The summed E-state index contributed by atoms with van der Waals surface area (Å²) in [5, 5.41) is 13.6. The number of hydrogen-bond donors (Lipinski definition) is 2. The summed E-state index contributed by atoms with van der Waals surface area (Å²) in [5.74, 6) is -0.0811. The lowest BCUT2D eigenvalue weighted by Gasteiger charge is -2.55. The summed E-state index contributed by atoms with van der Waals surface area (Å²) < 4.78 is 46.5. The monoisotopic (exact) mass is 869 g/mol. The highest BCUT2D eigenvalue weighted by Crippen LogP contribution is 2.40. The van der Waals surface area contributed by atoms with E-state index in [9.17, 15) is 28.0 Å². The summed E-state index contributed by atoms with van der Waals surface area (Å²) in [6, 6.07) is 6.89. The molecule has 3 amide bonds. The Bertz CT molecular complexity index is 2590. The average Bonchev–Trinajstić information content (AvgIpc) is 3.94. The van der Waals surface area contributed by atoms with Gasteiger partial charge in [0.2, 0.25) is 11.8 Å². The molecule has 4 aliphatic heterocycles. The Balaban J connectivity index is 0.678. The van der Waals surface area contributed by atoms with Crippen LogP contribution in [0.15, 0.2) is 47.7 Å². The number of benzene rings is 1. The third-order valence-electron chi connectivity index (χ3n) is 13.9. The number of ether oxygens (including phenoxy) is 2. The van der Waals surface area contributed by atoms with Crippen molar-refractivity contribution in [2.24, 2.45) is 18.4 Å². The molecule has 1 aliphatic carbocycles. The van der Waals surface area contributed by atoms with Crippen LogP contribution in [0.2, 0.25) is 0 Å². The number of anilines is 2. The normalized spacial score (nSPS) is 23.1. The maximum Gasteiger partial charge on any atom is 0.329 e. The minimum Gasteiger partial charge on any atom is -0.380 e. The smallest absolute Gasteiger partial charge is 0.329 e. The molecule has 63 heavy (non-hydrogen) atoms. The first kappa shape index (κ1) is 41.5. The molecule has 2 N–H and O–H groups in total. The van der Waals surface area contributed by atoms with Gasteiger partial charge in [-0.1, -0.05) is 12.1 Å². The van der Waals surface area contributed by atoms with E-state index in [0.717, 1.165) is 114 Å². The van der Waals surface area contributed by atoms with Gasteiger partial charge in [-0.3, -0.25) is 33.5 Å². The fourth-order valence-electron chi connectivity index (χ4n) is 10.4. The van der Waals surface area contributed by atoms with Crippen molar-refractivity contribution in [3.8, 4) is 0 Å². The maximum atomic E-state index is 14.3. The van der Waals surface area contributed by atoms with Crippen LogP contribution in [0, 0.1) is 11.3 Å². The first-order chi connectivity index (χ1) is 30.5. The zero-order valence-electron chi connectivity index (χ0n) is 35.4. The number of imidazole rings is 1. The van der Waals surface area contributed by atoms with Gasteiger partial charge in [0.05, 0.1) is 53.7 Å². The molecule has 1 atom stereocenters. The van der Waals surface area contributed by atoms with Gasteiger partial charge in [-0.05, 0) is 81.4 Å². The number of aromatic nitrogens is 7. The van der Waals surface area contributed by atoms with E-state index >= 15 is 0 Å². The predicted molar refractivity (Wildman–Crippen MR) is 227 cm³/mol. The molecule has 8 heterocycles. The van der Waals surface area contributed by atoms with Crippen molar-refractivity contribution in [3.05, 3.63) is 70.2 Å². The second-order valence-corrected chi connectivity index (χ2v) is 18.2. The Morgan fingerprint density at radius 3 is 2.57 bits per heavy atom. The van der Waals surface area contributed by atoms with Gasteiger partial charge in [-0.2, -0.15) is 10.2 Å². The van der Waals surface area contributed by atoms with Crippen molar-refractivity contribution < 1.29 is 32.6 Å². The van der Waals surface area contributed by atoms with Crippen molar-refractivity contribution >= 4 is 45.9 Å². The van der Waals surface area contributed by atoms with E-state index in [1.807, 2.05) is 24.3 Å². The lowest BCUT2D eigenvalue weighted by Crippen LogP contribution is -2.66. The summed E-state index contributed by atoms with van der Waals surface area (Å²) in [6.45, 7) is 6.67. The lowest BCUT2D eigenvalue weighted by atomic mass is 9.78. The largest absolute Gasteiger partial charge is 0.380 e. The van der Waals surface area contributed by atoms with E-state index in [1.165, 1.54) is 15.3 Å². The van der Waals surface area contributed by atoms with Crippen LogP contribution >= 0.6 is 0 Å². The van der Waals surface area contributed by atoms with E-state index < -0.39 is 30.0 Å². The molecule has 1 saturated carbocycles. The summed E-state index contributed by atoms with van der Waals surface area (Å²) in [7, 11) is 1.72. The number of para-hydroxylation sites is 1. The van der Waals surface area contributed by atoms with Gasteiger partial charge in [-0.25, -0.2) is 23.1 Å². The number of piperidine rings is 2. The van der Waals surface area contributed by atoms with Gasteiger partial charge in [0.1, 0.15) is 17.4 Å². The van der Waals surface area contributed by atoms with Crippen LogP contribution in [0.25, 0.3) is 16.7 Å².